The second-order valence-electron chi connectivity index (χ2n) is 4.37. The largest absolute Gasteiger partial charge is 0.493 e. The average molecular weight is 312 g/mol. The third-order valence-corrected chi connectivity index (χ3v) is 2.80. The number of nitro benzene ring substituents is 1. The van der Waals surface area contributed by atoms with E-state index in [0.29, 0.717) is 13.2 Å². The van der Waals surface area contributed by atoms with Gasteiger partial charge in [-0.25, -0.2) is 0 Å². The van der Waals surface area contributed by atoms with Crippen molar-refractivity contribution in [3.63, 3.8) is 0 Å². The van der Waals surface area contributed by atoms with Crippen LogP contribution in [0, 0.1) is 10.1 Å². The summed E-state index contributed by atoms with van der Waals surface area (Å²) in [7, 11) is 2.92. The molecule has 0 aromatic heterocycles. The highest BCUT2D eigenvalue weighted by atomic mass is 16.6. The van der Waals surface area contributed by atoms with Gasteiger partial charge in [-0.3, -0.25) is 14.9 Å². The second-order valence-corrected chi connectivity index (χ2v) is 4.37. The van der Waals surface area contributed by atoms with Gasteiger partial charge in [0, 0.05) is 19.7 Å². The Hall–Kier alpha value is -2.35. The molecule has 0 aliphatic carbocycles. The lowest BCUT2D eigenvalue weighted by atomic mass is 10.1. The van der Waals surface area contributed by atoms with Crippen molar-refractivity contribution in [1.29, 1.82) is 0 Å². The third-order valence-electron chi connectivity index (χ3n) is 2.80. The summed E-state index contributed by atoms with van der Waals surface area (Å²) in [4.78, 5) is 22.6. The minimum absolute atomic E-state index is 0.0607. The fraction of sp³-hybridized carbons (Fsp3) is 0.500. The lowest BCUT2D eigenvalue weighted by Gasteiger charge is -2.12. The maximum Gasteiger partial charge on any atom is 0.286 e. The van der Waals surface area contributed by atoms with Crippen molar-refractivity contribution in [2.75, 3.05) is 34.0 Å². The number of methoxy groups -OCH3 is 2. The highest BCUT2D eigenvalue weighted by molar-refractivity contribution is 5.99. The Morgan fingerprint density at radius 1 is 1.27 bits per heavy atom. The second kappa shape index (κ2) is 8.83. The number of carbonyl (C=O) groups excluding carboxylic acids is 1. The van der Waals surface area contributed by atoms with Crippen LogP contribution in [-0.4, -0.2) is 44.8 Å². The number of benzene rings is 1. The molecule has 0 saturated carbocycles. The molecule has 0 unspecified atom stereocenters. The van der Waals surface area contributed by atoms with Crippen LogP contribution < -0.4 is 14.8 Å². The molecule has 122 valence electrons. The standard InChI is InChI=1S/C14H20N2O6/c1-4-5-15-14(17)10-8-12(21-3)13(22-7-6-20-2)9-11(10)16(18)19/h8-9H,4-7H2,1-3H3,(H,15,17). The lowest BCUT2D eigenvalue weighted by molar-refractivity contribution is -0.385. The minimum Gasteiger partial charge on any atom is -0.493 e. The number of carbonyl (C=O) groups is 1. The number of rotatable bonds is 9. The number of nitrogens with one attached hydrogen (secondary N) is 1. The predicted octanol–water partition coefficient (Wildman–Crippen LogP) is 1.77. The summed E-state index contributed by atoms with van der Waals surface area (Å²) in [5, 5.41) is 13.8. The molecule has 0 saturated heterocycles. The van der Waals surface area contributed by atoms with Gasteiger partial charge in [-0.2, -0.15) is 0 Å². The molecule has 1 aromatic rings. The number of hydrogen-bond acceptors (Lipinski definition) is 6. The molecule has 0 spiro atoms. The first-order valence-corrected chi connectivity index (χ1v) is 6.81. The van der Waals surface area contributed by atoms with Crippen LogP contribution >= 0.6 is 0 Å². The monoisotopic (exact) mass is 312 g/mol. The van der Waals surface area contributed by atoms with E-state index >= 15 is 0 Å². The van der Waals surface area contributed by atoms with Gasteiger partial charge >= 0.3 is 0 Å². The predicted molar refractivity (Wildman–Crippen MR) is 79.6 cm³/mol. The van der Waals surface area contributed by atoms with Crippen LogP contribution in [0.4, 0.5) is 5.69 Å². The van der Waals surface area contributed by atoms with Crippen LogP contribution in [0.2, 0.25) is 0 Å². The van der Waals surface area contributed by atoms with Gasteiger partial charge < -0.3 is 19.5 Å². The van der Waals surface area contributed by atoms with E-state index in [2.05, 4.69) is 5.32 Å². The molecular weight excluding hydrogens is 292 g/mol. The summed E-state index contributed by atoms with van der Waals surface area (Å²) in [6, 6.07) is 2.50. The molecule has 1 N–H and O–H groups in total. The molecule has 8 heteroatoms. The molecule has 1 amide bonds. The van der Waals surface area contributed by atoms with Gasteiger partial charge in [0.25, 0.3) is 11.6 Å². The SMILES string of the molecule is CCCNC(=O)c1cc(OC)c(OCCOC)cc1[N+](=O)[O-]. The molecule has 0 radical (unpaired) electrons. The molecule has 8 nitrogen and oxygen atoms in total. The van der Waals surface area contributed by atoms with E-state index in [9.17, 15) is 14.9 Å². The quantitative estimate of drug-likeness (QED) is 0.424. The van der Waals surface area contributed by atoms with Crippen molar-refractivity contribution in [2.45, 2.75) is 13.3 Å². The van der Waals surface area contributed by atoms with Gasteiger partial charge in [-0.1, -0.05) is 6.92 Å². The Kier molecular flexibility index (Phi) is 7.11. The first-order chi connectivity index (χ1) is 10.5. The minimum atomic E-state index is -0.622. The van der Waals surface area contributed by atoms with E-state index < -0.39 is 10.8 Å². The normalized spacial score (nSPS) is 10.1. The Morgan fingerprint density at radius 2 is 2.00 bits per heavy atom. The third kappa shape index (κ3) is 4.59. The molecule has 22 heavy (non-hydrogen) atoms. The van der Waals surface area contributed by atoms with E-state index in [1.165, 1.54) is 26.4 Å². The number of hydrogen-bond donors (Lipinski definition) is 1. The highest BCUT2D eigenvalue weighted by Gasteiger charge is 2.24. The molecule has 0 heterocycles. The number of nitrogens with zero attached hydrogens (tertiary/aromatic N) is 1. The topological polar surface area (TPSA) is 99.9 Å². The van der Waals surface area contributed by atoms with Crippen molar-refractivity contribution in [3.05, 3.63) is 27.8 Å². The number of amides is 1. The first-order valence-electron chi connectivity index (χ1n) is 6.81. The first kappa shape index (κ1) is 17.7. The molecule has 1 aromatic carbocycles. The number of ether oxygens (including phenoxy) is 3. The number of nitro groups is 1. The van der Waals surface area contributed by atoms with Crippen molar-refractivity contribution in [3.8, 4) is 11.5 Å². The molecule has 0 bridgehead atoms. The van der Waals surface area contributed by atoms with Crippen molar-refractivity contribution in [1.82, 2.24) is 5.32 Å². The zero-order valence-corrected chi connectivity index (χ0v) is 12.9. The zero-order chi connectivity index (χ0) is 16.5. The van der Waals surface area contributed by atoms with Gasteiger partial charge in [-0.15, -0.1) is 0 Å². The van der Waals surface area contributed by atoms with E-state index in [0.717, 1.165) is 6.42 Å². The lowest BCUT2D eigenvalue weighted by Crippen LogP contribution is -2.25. The van der Waals surface area contributed by atoms with Crippen molar-refractivity contribution < 1.29 is 23.9 Å². The van der Waals surface area contributed by atoms with Crippen LogP contribution in [0.5, 0.6) is 11.5 Å². The average Bonchev–Trinajstić information content (AvgIpc) is 2.52. The molecule has 0 aliphatic rings. The molecule has 0 aliphatic heterocycles. The molecule has 1 rings (SSSR count). The summed E-state index contributed by atoms with van der Waals surface area (Å²) in [6.45, 7) is 2.87. The Labute approximate surface area is 128 Å². The Morgan fingerprint density at radius 3 is 2.55 bits per heavy atom. The van der Waals surface area contributed by atoms with E-state index in [4.69, 9.17) is 14.2 Å². The van der Waals surface area contributed by atoms with Gasteiger partial charge in [0.2, 0.25) is 0 Å². The smallest absolute Gasteiger partial charge is 0.286 e. The van der Waals surface area contributed by atoms with Crippen LogP contribution in [0.1, 0.15) is 23.7 Å². The van der Waals surface area contributed by atoms with E-state index in [1.807, 2.05) is 6.92 Å². The van der Waals surface area contributed by atoms with E-state index in [-0.39, 0.29) is 29.4 Å². The van der Waals surface area contributed by atoms with Gasteiger partial charge in [0.05, 0.1) is 24.7 Å². The fourth-order valence-electron chi connectivity index (χ4n) is 1.72. The summed E-state index contributed by atoms with van der Waals surface area (Å²) in [5.74, 6) is -0.0723. The van der Waals surface area contributed by atoms with E-state index in [1.54, 1.807) is 0 Å². The van der Waals surface area contributed by atoms with Crippen molar-refractivity contribution in [2.24, 2.45) is 0 Å². The summed E-state index contributed by atoms with van der Waals surface area (Å²) < 4.78 is 15.4. The van der Waals surface area contributed by atoms with Gasteiger partial charge in [0.1, 0.15) is 12.2 Å². The van der Waals surface area contributed by atoms with Crippen LogP contribution in [0.15, 0.2) is 12.1 Å². The van der Waals surface area contributed by atoms with Crippen LogP contribution in [0.25, 0.3) is 0 Å². The Balaban J connectivity index is 3.15. The maximum absolute atomic E-state index is 12.0. The van der Waals surface area contributed by atoms with Crippen LogP contribution in [0.3, 0.4) is 0 Å². The van der Waals surface area contributed by atoms with Crippen LogP contribution in [-0.2, 0) is 4.74 Å². The highest BCUT2D eigenvalue weighted by Crippen LogP contribution is 2.34. The summed E-state index contributed by atoms with van der Waals surface area (Å²) >= 11 is 0. The molecule has 0 atom stereocenters. The van der Waals surface area contributed by atoms with Gasteiger partial charge in [0.15, 0.2) is 11.5 Å². The summed E-state index contributed by atoms with van der Waals surface area (Å²) in [6.07, 6.45) is 0.731. The molecule has 0 fully saturated rings. The Bertz CT molecular complexity index is 532. The molecular formula is C14H20N2O6. The van der Waals surface area contributed by atoms with Gasteiger partial charge in [-0.05, 0) is 6.42 Å². The zero-order valence-electron chi connectivity index (χ0n) is 12.9. The fourth-order valence-corrected chi connectivity index (χ4v) is 1.72. The maximum atomic E-state index is 12.0. The van der Waals surface area contributed by atoms with Crippen molar-refractivity contribution >= 4 is 11.6 Å². The summed E-state index contributed by atoms with van der Waals surface area (Å²) in [5.41, 5.74) is -0.392.